The number of halogens is 1. The van der Waals surface area contributed by atoms with Gasteiger partial charge >= 0.3 is 0 Å². The molecule has 176 valence electrons. The van der Waals surface area contributed by atoms with Crippen LogP contribution in [-0.4, -0.2) is 53.0 Å². The van der Waals surface area contributed by atoms with Crippen LogP contribution in [0.3, 0.4) is 0 Å². The number of aromatic nitrogens is 4. The SMILES string of the molecule is Nc1c(Br)c(OCC2CCN(S(=O)C3CC3)CC2)nc2c(-c3cnc4ccccc4c3)cnn12. The molecule has 1 saturated heterocycles. The van der Waals surface area contributed by atoms with Gasteiger partial charge in [-0.05, 0) is 59.7 Å². The number of nitrogens with zero attached hydrogens (tertiary/aromatic N) is 5. The summed E-state index contributed by atoms with van der Waals surface area (Å²) in [5.41, 5.74) is 9.71. The van der Waals surface area contributed by atoms with Crippen LogP contribution in [0.2, 0.25) is 0 Å². The number of rotatable bonds is 6. The fourth-order valence-corrected chi connectivity index (χ4v) is 6.33. The molecule has 10 heteroatoms. The van der Waals surface area contributed by atoms with Gasteiger partial charge in [0, 0.05) is 41.0 Å². The van der Waals surface area contributed by atoms with E-state index >= 15 is 0 Å². The summed E-state index contributed by atoms with van der Waals surface area (Å²) in [5.74, 6) is 1.30. The Bertz CT molecular complexity index is 1400. The number of fused-ring (bicyclic) bond motifs is 2. The van der Waals surface area contributed by atoms with Crippen molar-refractivity contribution >= 4 is 49.3 Å². The first-order chi connectivity index (χ1) is 16.6. The maximum Gasteiger partial charge on any atom is 0.233 e. The third-order valence-corrected chi connectivity index (χ3v) is 9.25. The second kappa shape index (κ2) is 8.90. The quantitative estimate of drug-likeness (QED) is 0.393. The molecule has 0 radical (unpaired) electrons. The molecule has 34 heavy (non-hydrogen) atoms. The maximum atomic E-state index is 12.4. The summed E-state index contributed by atoms with van der Waals surface area (Å²) < 4.78 is 22.9. The third kappa shape index (κ3) is 4.08. The molecular formula is C24H25BrN6O2S. The zero-order valence-corrected chi connectivity index (χ0v) is 21.0. The number of anilines is 1. The van der Waals surface area contributed by atoms with Crippen molar-refractivity contribution in [3.8, 4) is 17.0 Å². The highest BCUT2D eigenvalue weighted by Crippen LogP contribution is 2.35. The fraction of sp³-hybridized carbons (Fsp3) is 0.375. The molecule has 1 atom stereocenters. The molecule has 0 amide bonds. The predicted molar refractivity (Wildman–Crippen MR) is 137 cm³/mol. The lowest BCUT2D eigenvalue weighted by atomic mass is 9.99. The number of nitrogens with two attached hydrogens (primary N) is 1. The summed E-state index contributed by atoms with van der Waals surface area (Å²) in [5, 5.41) is 5.90. The van der Waals surface area contributed by atoms with Gasteiger partial charge in [-0.1, -0.05) is 18.2 Å². The van der Waals surface area contributed by atoms with Gasteiger partial charge in [-0.2, -0.15) is 14.6 Å². The molecule has 0 bridgehead atoms. The van der Waals surface area contributed by atoms with Gasteiger partial charge in [-0.25, -0.2) is 8.51 Å². The van der Waals surface area contributed by atoms with Gasteiger partial charge in [0.1, 0.15) is 10.3 Å². The minimum Gasteiger partial charge on any atom is -0.476 e. The zero-order valence-electron chi connectivity index (χ0n) is 18.6. The van der Waals surface area contributed by atoms with E-state index in [1.807, 2.05) is 30.5 Å². The molecule has 2 aliphatic rings. The molecule has 2 N–H and O–H groups in total. The maximum absolute atomic E-state index is 12.4. The summed E-state index contributed by atoms with van der Waals surface area (Å²) in [6, 6.07) is 10.1. The Morgan fingerprint density at radius 3 is 2.74 bits per heavy atom. The number of benzene rings is 1. The van der Waals surface area contributed by atoms with E-state index in [1.54, 1.807) is 10.7 Å². The largest absolute Gasteiger partial charge is 0.476 e. The first-order valence-corrected chi connectivity index (χ1v) is 13.5. The van der Waals surface area contributed by atoms with Crippen LogP contribution in [0.25, 0.3) is 27.7 Å². The van der Waals surface area contributed by atoms with Crippen molar-refractivity contribution in [2.45, 2.75) is 30.9 Å². The Kier molecular flexibility index (Phi) is 5.74. The van der Waals surface area contributed by atoms with Crippen molar-refractivity contribution in [3.05, 3.63) is 47.2 Å². The normalized spacial score (nSPS) is 18.5. The highest BCUT2D eigenvalue weighted by molar-refractivity contribution is 9.10. The van der Waals surface area contributed by atoms with Gasteiger partial charge in [-0.15, -0.1) is 0 Å². The summed E-state index contributed by atoms with van der Waals surface area (Å²) >= 11 is 3.54. The molecule has 2 fully saturated rings. The Labute approximate surface area is 208 Å². The van der Waals surface area contributed by atoms with Gasteiger partial charge in [0.2, 0.25) is 5.88 Å². The first-order valence-electron chi connectivity index (χ1n) is 11.5. The number of ether oxygens (including phenoxy) is 1. The number of nitrogen functional groups attached to an aromatic ring is 1. The van der Waals surface area contributed by atoms with Crippen LogP contribution >= 0.6 is 15.9 Å². The average molecular weight is 541 g/mol. The van der Waals surface area contributed by atoms with E-state index in [-0.39, 0.29) is 0 Å². The summed E-state index contributed by atoms with van der Waals surface area (Å²) in [7, 11) is -0.808. The number of para-hydroxylation sites is 1. The minimum atomic E-state index is -0.808. The number of piperidine rings is 1. The second-order valence-corrected chi connectivity index (χ2v) is 11.5. The van der Waals surface area contributed by atoms with Crippen molar-refractivity contribution in [2.24, 2.45) is 5.92 Å². The van der Waals surface area contributed by atoms with Gasteiger partial charge in [0.25, 0.3) is 0 Å². The number of hydrogen-bond donors (Lipinski definition) is 1. The van der Waals surface area contributed by atoms with E-state index in [0.29, 0.717) is 39.6 Å². The van der Waals surface area contributed by atoms with Gasteiger partial charge in [0.05, 0.1) is 29.3 Å². The molecule has 1 aromatic carbocycles. The lowest BCUT2D eigenvalue weighted by Gasteiger charge is -2.30. The van der Waals surface area contributed by atoms with Crippen LogP contribution in [0.1, 0.15) is 25.7 Å². The van der Waals surface area contributed by atoms with Crippen molar-refractivity contribution in [1.82, 2.24) is 23.9 Å². The van der Waals surface area contributed by atoms with E-state index in [1.165, 1.54) is 0 Å². The van der Waals surface area contributed by atoms with Crippen molar-refractivity contribution < 1.29 is 8.95 Å². The Morgan fingerprint density at radius 1 is 1.15 bits per heavy atom. The van der Waals surface area contributed by atoms with Crippen LogP contribution in [0.15, 0.2) is 47.2 Å². The second-order valence-electron chi connectivity index (χ2n) is 8.99. The van der Waals surface area contributed by atoms with Gasteiger partial charge in [0.15, 0.2) is 5.65 Å². The van der Waals surface area contributed by atoms with Gasteiger partial charge in [-0.3, -0.25) is 4.98 Å². The highest BCUT2D eigenvalue weighted by Gasteiger charge is 2.34. The van der Waals surface area contributed by atoms with E-state index in [4.69, 9.17) is 15.5 Å². The lowest BCUT2D eigenvalue weighted by molar-refractivity contribution is 0.183. The Hall–Kier alpha value is -2.56. The Morgan fingerprint density at radius 2 is 1.94 bits per heavy atom. The van der Waals surface area contributed by atoms with Crippen molar-refractivity contribution in [1.29, 1.82) is 0 Å². The summed E-state index contributed by atoms with van der Waals surface area (Å²) in [6.45, 7) is 2.26. The molecule has 8 nitrogen and oxygen atoms in total. The minimum absolute atomic E-state index is 0.394. The molecule has 6 rings (SSSR count). The Balaban J connectivity index is 1.22. The zero-order chi connectivity index (χ0) is 23.2. The van der Waals surface area contributed by atoms with Crippen LogP contribution in [0.4, 0.5) is 5.82 Å². The molecule has 4 heterocycles. The fourth-order valence-electron chi connectivity index (χ4n) is 4.42. The standard InChI is InChI=1S/C24H25BrN6O2S/c25-21-22(26)31-23(19(13-28-31)17-11-16-3-1-2-4-20(16)27-12-17)29-24(21)33-14-15-7-9-30(10-8-15)34(32)18-5-6-18/h1-4,11-13,15,18H,5-10,14,26H2. The third-order valence-electron chi connectivity index (χ3n) is 6.59. The van der Waals surface area contributed by atoms with Crippen LogP contribution in [-0.2, 0) is 11.0 Å². The monoisotopic (exact) mass is 540 g/mol. The molecule has 1 aliphatic heterocycles. The molecular weight excluding hydrogens is 516 g/mol. The van der Waals surface area contributed by atoms with Crippen molar-refractivity contribution in [3.63, 3.8) is 0 Å². The molecule has 3 aromatic heterocycles. The number of pyridine rings is 1. The molecule has 4 aromatic rings. The van der Waals surface area contributed by atoms with Crippen LogP contribution in [0, 0.1) is 5.92 Å². The molecule has 1 unspecified atom stereocenters. The predicted octanol–water partition coefficient (Wildman–Crippen LogP) is 4.21. The topological polar surface area (TPSA) is 98.6 Å². The molecule has 1 saturated carbocycles. The first kappa shape index (κ1) is 21.9. The number of hydrogen-bond acceptors (Lipinski definition) is 6. The molecule has 0 spiro atoms. The van der Waals surface area contributed by atoms with Crippen molar-refractivity contribution in [2.75, 3.05) is 25.4 Å². The highest BCUT2D eigenvalue weighted by atomic mass is 79.9. The van der Waals surface area contributed by atoms with Crippen LogP contribution in [0.5, 0.6) is 5.88 Å². The smallest absolute Gasteiger partial charge is 0.233 e. The van der Waals surface area contributed by atoms with Crippen LogP contribution < -0.4 is 10.5 Å². The summed E-state index contributed by atoms with van der Waals surface area (Å²) in [4.78, 5) is 9.35. The van der Waals surface area contributed by atoms with E-state index in [0.717, 1.165) is 60.8 Å². The van der Waals surface area contributed by atoms with Gasteiger partial charge < -0.3 is 10.5 Å². The lowest BCUT2D eigenvalue weighted by Crippen LogP contribution is -2.38. The van der Waals surface area contributed by atoms with E-state index in [9.17, 15) is 4.21 Å². The van der Waals surface area contributed by atoms with E-state index < -0.39 is 11.0 Å². The van der Waals surface area contributed by atoms with E-state index in [2.05, 4.69) is 36.4 Å². The average Bonchev–Trinajstić information content (AvgIpc) is 3.64. The molecule has 1 aliphatic carbocycles. The summed E-state index contributed by atoms with van der Waals surface area (Å²) in [6.07, 6.45) is 7.73.